The molecule has 1 aromatic heterocycles. The predicted molar refractivity (Wildman–Crippen MR) is 190 cm³/mol. The van der Waals surface area contributed by atoms with E-state index in [0.717, 1.165) is 45.9 Å². The average Bonchev–Trinajstić information content (AvgIpc) is 3.97. The fourth-order valence-corrected chi connectivity index (χ4v) is 9.61. The zero-order valence-corrected chi connectivity index (χ0v) is 30.2. The van der Waals surface area contributed by atoms with E-state index in [1.807, 2.05) is 60.7 Å². The number of fused-ring (bicyclic) bond motifs is 3. The number of ether oxygens (including phenoxy) is 1. The van der Waals surface area contributed by atoms with Crippen LogP contribution in [0.2, 0.25) is 0 Å². The van der Waals surface area contributed by atoms with Crippen molar-refractivity contribution >= 4 is 65.2 Å². The molecule has 3 fully saturated rings. The summed E-state index contributed by atoms with van der Waals surface area (Å²) < 4.78 is 36.0. The number of benzene rings is 2. The van der Waals surface area contributed by atoms with Gasteiger partial charge in [-0.1, -0.05) is 82.6 Å². The minimum Gasteiger partial charge on any atom is -0.465 e. The molecule has 0 bridgehead atoms. The van der Waals surface area contributed by atoms with Crippen LogP contribution in [0.15, 0.2) is 65.2 Å². The number of thiazole rings is 1. The minimum absolute atomic E-state index is 0.165. The Morgan fingerprint density at radius 3 is 2.71 bits per heavy atom. The first kappa shape index (κ1) is 34.1. The third-order valence-electron chi connectivity index (χ3n) is 9.84. The Bertz CT molecular complexity index is 1870. The molecule has 3 N–H and O–H groups in total. The molecule has 3 aromatic rings. The summed E-state index contributed by atoms with van der Waals surface area (Å²) in [7, 11) is -3.83. The lowest BCUT2D eigenvalue weighted by Crippen LogP contribution is -2.58. The van der Waals surface area contributed by atoms with Crippen molar-refractivity contribution in [3.05, 3.63) is 70.7 Å². The Kier molecular flexibility index (Phi) is 9.84. The molecule has 49 heavy (non-hydrogen) atoms. The molecule has 1 saturated heterocycles. The van der Waals surface area contributed by atoms with Crippen molar-refractivity contribution in [3.8, 4) is 5.19 Å². The number of nitrogens with zero attached hydrogens (tertiary/aromatic N) is 2. The molecular formula is C35H40BrN5O6S2. The number of allylic oxidation sites excluding steroid dienone is 1. The Labute approximate surface area is 298 Å². The number of hydrogen-bond donors (Lipinski definition) is 3. The fraction of sp³-hybridized carbons (Fsp3) is 0.486. The van der Waals surface area contributed by atoms with Gasteiger partial charge in [0.15, 0.2) is 0 Å². The van der Waals surface area contributed by atoms with E-state index in [2.05, 4.69) is 36.3 Å². The van der Waals surface area contributed by atoms with Crippen molar-refractivity contribution in [1.82, 2.24) is 25.2 Å². The number of aromatic nitrogens is 1. The van der Waals surface area contributed by atoms with E-state index in [1.165, 1.54) is 11.3 Å². The monoisotopic (exact) mass is 769 g/mol. The van der Waals surface area contributed by atoms with E-state index in [-0.39, 0.29) is 31.2 Å². The molecular weight excluding hydrogens is 730 g/mol. The molecule has 5 atom stereocenters. The van der Waals surface area contributed by atoms with Gasteiger partial charge in [-0.2, -0.15) is 0 Å². The SMILES string of the molecule is O=C1N[C@]2(C(=O)NS(=O)(=O)C3CC3)C[C@H]2C=CCCCCC[C@H](NCc2ccccc2)C(=O)N2C[C@H](Oc3nc4ccc(Br)cc4s3)C[C@@H]12. The van der Waals surface area contributed by atoms with Crippen LogP contribution in [0.3, 0.4) is 0 Å². The molecule has 11 nitrogen and oxygen atoms in total. The number of sulfonamides is 1. The van der Waals surface area contributed by atoms with E-state index >= 15 is 0 Å². The molecule has 2 aliphatic heterocycles. The average molecular weight is 771 g/mol. The number of nitrogens with one attached hydrogen (secondary N) is 3. The highest BCUT2D eigenvalue weighted by Crippen LogP contribution is 2.46. The summed E-state index contributed by atoms with van der Waals surface area (Å²) in [4.78, 5) is 48.5. The van der Waals surface area contributed by atoms with E-state index in [9.17, 15) is 22.8 Å². The smallest absolute Gasteiger partial charge is 0.274 e. The van der Waals surface area contributed by atoms with Crippen molar-refractivity contribution in [2.75, 3.05) is 6.54 Å². The van der Waals surface area contributed by atoms with Gasteiger partial charge in [0.1, 0.15) is 17.7 Å². The normalized spacial score (nSPS) is 27.8. The van der Waals surface area contributed by atoms with Gasteiger partial charge in [-0.25, -0.2) is 13.4 Å². The van der Waals surface area contributed by atoms with Crippen molar-refractivity contribution in [2.24, 2.45) is 5.92 Å². The van der Waals surface area contributed by atoms with Gasteiger partial charge in [0.2, 0.25) is 21.8 Å². The van der Waals surface area contributed by atoms with Gasteiger partial charge >= 0.3 is 0 Å². The predicted octanol–water partition coefficient (Wildman–Crippen LogP) is 4.57. The lowest BCUT2D eigenvalue weighted by Gasteiger charge is -2.30. The number of carbonyl (C=O) groups excluding carboxylic acids is 3. The number of hydrogen-bond acceptors (Lipinski definition) is 9. The molecule has 0 radical (unpaired) electrons. The first-order valence-corrected chi connectivity index (χ1v) is 20.1. The van der Waals surface area contributed by atoms with Gasteiger partial charge < -0.3 is 20.3 Å². The van der Waals surface area contributed by atoms with Crippen LogP contribution in [-0.4, -0.2) is 71.5 Å². The molecule has 4 aliphatic rings. The molecule has 2 saturated carbocycles. The Balaban J connectivity index is 1.16. The summed E-state index contributed by atoms with van der Waals surface area (Å²) in [6.07, 6.45) is 8.95. The second-order valence-corrected chi connectivity index (χ2v) is 17.4. The molecule has 3 amide bonds. The first-order valence-electron chi connectivity index (χ1n) is 17.0. The molecule has 14 heteroatoms. The van der Waals surface area contributed by atoms with Gasteiger partial charge in [-0.05, 0) is 62.3 Å². The van der Waals surface area contributed by atoms with Crippen LogP contribution in [0.1, 0.15) is 63.4 Å². The Morgan fingerprint density at radius 1 is 1.10 bits per heavy atom. The van der Waals surface area contributed by atoms with Gasteiger partial charge in [0.25, 0.3) is 11.1 Å². The summed E-state index contributed by atoms with van der Waals surface area (Å²) in [6.45, 7) is 0.658. The van der Waals surface area contributed by atoms with E-state index in [0.29, 0.717) is 31.0 Å². The molecule has 2 aromatic carbocycles. The summed E-state index contributed by atoms with van der Waals surface area (Å²) in [6, 6.07) is 14.2. The molecule has 7 rings (SSSR count). The molecule has 0 spiro atoms. The Morgan fingerprint density at radius 2 is 1.92 bits per heavy atom. The van der Waals surface area contributed by atoms with Crippen LogP contribution in [0, 0.1) is 5.92 Å². The molecule has 2 aliphatic carbocycles. The van der Waals surface area contributed by atoms with Gasteiger partial charge in [0.05, 0.1) is 28.1 Å². The lowest BCUT2D eigenvalue weighted by molar-refractivity contribution is -0.141. The largest absolute Gasteiger partial charge is 0.465 e. The van der Waals surface area contributed by atoms with Crippen LogP contribution < -0.4 is 20.1 Å². The van der Waals surface area contributed by atoms with Crippen LogP contribution in [0.5, 0.6) is 5.19 Å². The quantitative estimate of drug-likeness (QED) is 0.283. The van der Waals surface area contributed by atoms with E-state index in [1.54, 1.807) is 4.90 Å². The third kappa shape index (κ3) is 7.72. The molecule has 260 valence electrons. The fourth-order valence-electron chi connectivity index (χ4n) is 6.81. The third-order valence-corrected chi connectivity index (χ3v) is 13.1. The zero-order valence-electron chi connectivity index (χ0n) is 27.0. The highest BCUT2D eigenvalue weighted by atomic mass is 79.9. The van der Waals surface area contributed by atoms with E-state index < -0.39 is 50.8 Å². The standard InChI is InChI=1S/C35H40BrN5O6S2/c36-24-13-16-27-30(17-24)48-34(38-27)47-25-18-29-31(42)39-35(33(44)40-49(45,46)26-14-15-26)19-23(35)11-7-2-1-3-8-12-28(32(43)41(29)21-25)37-20-22-9-5-4-6-10-22/h4-7,9-11,13,16-17,23,25-26,28-29,37H,1-3,8,12,14-15,18-21H2,(H,39,42)(H,40,44)/t23-,25-,28+,29+,35-/m1/s1. The van der Waals surface area contributed by atoms with Crippen LogP contribution >= 0.6 is 27.3 Å². The van der Waals surface area contributed by atoms with Gasteiger partial charge in [-0.3, -0.25) is 19.1 Å². The van der Waals surface area contributed by atoms with Crippen molar-refractivity contribution in [1.29, 1.82) is 0 Å². The lowest BCUT2D eigenvalue weighted by atomic mass is 10.0. The number of halogens is 1. The van der Waals surface area contributed by atoms with Crippen molar-refractivity contribution in [2.45, 2.75) is 93.3 Å². The summed E-state index contributed by atoms with van der Waals surface area (Å²) >= 11 is 4.89. The summed E-state index contributed by atoms with van der Waals surface area (Å²) in [5.74, 6) is -1.78. The van der Waals surface area contributed by atoms with Crippen LogP contribution in [0.4, 0.5) is 0 Å². The maximum Gasteiger partial charge on any atom is 0.274 e. The highest BCUT2D eigenvalue weighted by molar-refractivity contribution is 9.10. The van der Waals surface area contributed by atoms with E-state index in [4.69, 9.17) is 4.74 Å². The molecule has 3 heterocycles. The molecule has 0 unspecified atom stereocenters. The highest BCUT2D eigenvalue weighted by Gasteiger charge is 2.62. The van der Waals surface area contributed by atoms with Gasteiger partial charge in [0, 0.05) is 23.4 Å². The van der Waals surface area contributed by atoms with Crippen molar-refractivity contribution in [3.63, 3.8) is 0 Å². The Hall–Kier alpha value is -3.33. The van der Waals surface area contributed by atoms with Crippen LogP contribution in [0.25, 0.3) is 10.2 Å². The minimum atomic E-state index is -3.83. The second-order valence-electron chi connectivity index (χ2n) is 13.5. The maximum absolute atomic E-state index is 14.4. The number of carbonyl (C=O) groups is 3. The summed E-state index contributed by atoms with van der Waals surface area (Å²) in [5.41, 5.74) is 0.427. The van der Waals surface area contributed by atoms with Crippen molar-refractivity contribution < 1.29 is 27.5 Å². The first-order chi connectivity index (χ1) is 23.6. The number of amides is 3. The van der Waals surface area contributed by atoms with Gasteiger partial charge in [-0.15, -0.1) is 0 Å². The zero-order chi connectivity index (χ0) is 34.2. The van der Waals surface area contributed by atoms with Crippen LogP contribution in [-0.2, 0) is 31.0 Å². The summed E-state index contributed by atoms with van der Waals surface area (Å²) in [5, 5.41) is 6.26. The maximum atomic E-state index is 14.4. The number of rotatable bonds is 8. The second kappa shape index (κ2) is 14.1. The topological polar surface area (TPSA) is 147 Å².